The number of hydrogen-bond acceptors (Lipinski definition) is 2. The zero-order chi connectivity index (χ0) is 20.4. The van der Waals surface area contributed by atoms with Crippen LogP contribution in [0.1, 0.15) is 49.0 Å². The van der Waals surface area contributed by atoms with E-state index in [0.717, 1.165) is 32.1 Å². The van der Waals surface area contributed by atoms with Crippen molar-refractivity contribution < 1.29 is 22.4 Å². The van der Waals surface area contributed by atoms with Gasteiger partial charge in [0.25, 0.3) is 0 Å². The summed E-state index contributed by atoms with van der Waals surface area (Å²) in [5.41, 5.74) is 0.402. The van der Waals surface area contributed by atoms with Crippen LogP contribution in [0.15, 0.2) is 64.0 Å². The van der Waals surface area contributed by atoms with Crippen LogP contribution in [0.3, 0.4) is 0 Å². The molecule has 3 nitrogen and oxygen atoms in total. The molecule has 1 amide bonds. The minimum absolute atomic E-state index is 0.0125. The van der Waals surface area contributed by atoms with Crippen LogP contribution in [0.2, 0.25) is 0 Å². The molecule has 0 aliphatic heterocycles. The standard InChI is InChI=1S/C23H20F3NO2/c24-23(25,26)21-19(17-13-7-8-14-18(17)29-21)20(15-9-3-1-4-10-15)27-22(28)16-11-5-2-6-12-16/h1,3-4,7-10,13-14,16H,2,5-6,11-12H2. The molecule has 1 fully saturated rings. The Labute approximate surface area is 166 Å². The largest absolute Gasteiger partial charge is 0.451 e. The summed E-state index contributed by atoms with van der Waals surface area (Å²) < 4.78 is 46.6. The van der Waals surface area contributed by atoms with E-state index in [4.69, 9.17) is 4.42 Å². The lowest BCUT2D eigenvalue weighted by Gasteiger charge is -2.19. The van der Waals surface area contributed by atoms with Crippen LogP contribution in [0.5, 0.6) is 0 Å². The van der Waals surface area contributed by atoms with Crippen LogP contribution in [-0.4, -0.2) is 11.6 Å². The van der Waals surface area contributed by atoms with Gasteiger partial charge >= 0.3 is 6.18 Å². The number of halogens is 3. The number of rotatable bonds is 3. The fourth-order valence-electron chi connectivity index (χ4n) is 3.89. The van der Waals surface area contributed by atoms with Gasteiger partial charge in [0.15, 0.2) is 0 Å². The molecule has 1 aliphatic rings. The maximum Gasteiger partial charge on any atom is 0.450 e. The highest BCUT2D eigenvalue weighted by Crippen LogP contribution is 2.39. The number of nitrogens with zero attached hydrogens (tertiary/aromatic N) is 1. The molecule has 2 aromatic carbocycles. The van der Waals surface area contributed by atoms with Gasteiger partial charge in [-0.3, -0.25) is 4.79 Å². The molecule has 0 unspecified atom stereocenters. The van der Waals surface area contributed by atoms with Gasteiger partial charge in [0.1, 0.15) is 5.58 Å². The molecule has 0 saturated heterocycles. The van der Waals surface area contributed by atoms with Crippen molar-refractivity contribution in [2.75, 3.05) is 0 Å². The number of furan rings is 1. The first-order valence-electron chi connectivity index (χ1n) is 9.72. The van der Waals surface area contributed by atoms with Gasteiger partial charge in [-0.1, -0.05) is 67.8 Å². The van der Waals surface area contributed by atoms with E-state index >= 15 is 0 Å². The topological polar surface area (TPSA) is 42.6 Å². The molecule has 3 aromatic rings. The number of para-hydroxylation sites is 1. The molecular formula is C23H20F3NO2. The fraction of sp³-hybridized carbons (Fsp3) is 0.304. The molecule has 6 heteroatoms. The van der Waals surface area contributed by atoms with Gasteiger partial charge in [-0.05, 0) is 18.9 Å². The second-order valence-electron chi connectivity index (χ2n) is 7.30. The number of carbonyl (C=O) groups excluding carboxylic acids is 1. The fourth-order valence-corrected chi connectivity index (χ4v) is 3.89. The second-order valence-corrected chi connectivity index (χ2v) is 7.30. The van der Waals surface area contributed by atoms with E-state index in [1.165, 1.54) is 6.07 Å². The number of benzene rings is 2. The first-order valence-corrected chi connectivity index (χ1v) is 9.72. The van der Waals surface area contributed by atoms with Gasteiger partial charge in [-0.15, -0.1) is 0 Å². The van der Waals surface area contributed by atoms with Crippen molar-refractivity contribution in [3.8, 4) is 0 Å². The van der Waals surface area contributed by atoms with Crippen molar-refractivity contribution in [3.05, 3.63) is 71.5 Å². The molecule has 0 N–H and O–H groups in total. The third-order valence-electron chi connectivity index (χ3n) is 5.31. The summed E-state index contributed by atoms with van der Waals surface area (Å²) in [5, 5.41) is 0.291. The van der Waals surface area contributed by atoms with E-state index < -0.39 is 11.9 Å². The number of amides is 1. The maximum atomic E-state index is 13.8. The average molecular weight is 399 g/mol. The van der Waals surface area contributed by atoms with Crippen molar-refractivity contribution in [2.24, 2.45) is 10.9 Å². The number of carbonyl (C=O) groups is 1. The Morgan fingerprint density at radius 3 is 2.28 bits per heavy atom. The molecule has 29 heavy (non-hydrogen) atoms. The predicted molar refractivity (Wildman–Crippen MR) is 105 cm³/mol. The Kier molecular flexibility index (Phi) is 5.26. The third-order valence-corrected chi connectivity index (χ3v) is 5.31. The van der Waals surface area contributed by atoms with Crippen LogP contribution < -0.4 is 0 Å². The molecule has 1 heterocycles. The molecule has 1 saturated carbocycles. The molecule has 150 valence electrons. The van der Waals surface area contributed by atoms with E-state index in [9.17, 15) is 18.0 Å². The molecule has 0 atom stereocenters. The highest BCUT2D eigenvalue weighted by molar-refractivity contribution is 6.22. The summed E-state index contributed by atoms with van der Waals surface area (Å²) >= 11 is 0. The summed E-state index contributed by atoms with van der Waals surface area (Å²) in [6, 6.07) is 14.8. The zero-order valence-electron chi connectivity index (χ0n) is 15.7. The van der Waals surface area contributed by atoms with E-state index in [1.807, 2.05) is 0 Å². The normalized spacial score (nSPS) is 16.3. The van der Waals surface area contributed by atoms with Crippen molar-refractivity contribution in [1.29, 1.82) is 0 Å². The lowest BCUT2D eigenvalue weighted by Crippen LogP contribution is -2.19. The average Bonchev–Trinajstić information content (AvgIpc) is 3.13. The summed E-state index contributed by atoms with van der Waals surface area (Å²) in [6.45, 7) is 0. The van der Waals surface area contributed by atoms with Crippen LogP contribution in [-0.2, 0) is 11.0 Å². The Hall–Kier alpha value is -2.89. The van der Waals surface area contributed by atoms with Gasteiger partial charge in [0.2, 0.25) is 11.7 Å². The number of alkyl halides is 3. The molecular weight excluding hydrogens is 379 g/mol. The monoisotopic (exact) mass is 399 g/mol. The van der Waals surface area contributed by atoms with E-state index in [1.54, 1.807) is 48.5 Å². The third kappa shape index (κ3) is 3.97. The highest BCUT2D eigenvalue weighted by atomic mass is 19.4. The minimum atomic E-state index is -4.71. The number of hydrogen-bond donors (Lipinski definition) is 0. The van der Waals surface area contributed by atoms with Gasteiger partial charge in [0, 0.05) is 16.9 Å². The van der Waals surface area contributed by atoms with Crippen molar-refractivity contribution in [3.63, 3.8) is 0 Å². The zero-order valence-corrected chi connectivity index (χ0v) is 15.7. The molecule has 1 aliphatic carbocycles. The Morgan fingerprint density at radius 2 is 1.59 bits per heavy atom. The predicted octanol–water partition coefficient (Wildman–Crippen LogP) is 6.40. The second kappa shape index (κ2) is 7.85. The van der Waals surface area contributed by atoms with Crippen LogP contribution >= 0.6 is 0 Å². The van der Waals surface area contributed by atoms with Crippen molar-refractivity contribution in [2.45, 2.75) is 38.3 Å². The molecule has 1 aromatic heterocycles. The van der Waals surface area contributed by atoms with Crippen LogP contribution in [0.4, 0.5) is 13.2 Å². The van der Waals surface area contributed by atoms with Crippen LogP contribution in [0, 0.1) is 5.92 Å². The van der Waals surface area contributed by atoms with Gasteiger partial charge in [-0.25, -0.2) is 4.99 Å². The summed E-state index contributed by atoms with van der Waals surface area (Å²) in [5.74, 6) is -1.73. The lowest BCUT2D eigenvalue weighted by atomic mass is 9.88. The Morgan fingerprint density at radius 1 is 0.931 bits per heavy atom. The minimum Gasteiger partial charge on any atom is -0.451 e. The summed E-state index contributed by atoms with van der Waals surface area (Å²) in [6.07, 6.45) is -0.309. The van der Waals surface area contributed by atoms with E-state index in [2.05, 4.69) is 4.99 Å². The van der Waals surface area contributed by atoms with Gasteiger partial charge < -0.3 is 4.42 Å². The molecule has 0 bridgehead atoms. The lowest BCUT2D eigenvalue weighted by molar-refractivity contribution is -0.152. The number of aliphatic imine (C=N–C) groups is 1. The summed E-state index contributed by atoms with van der Waals surface area (Å²) in [4.78, 5) is 17.1. The highest BCUT2D eigenvalue weighted by Gasteiger charge is 2.41. The van der Waals surface area contributed by atoms with Gasteiger partial charge in [0.05, 0.1) is 11.3 Å². The first kappa shape index (κ1) is 19.4. The summed E-state index contributed by atoms with van der Waals surface area (Å²) in [7, 11) is 0. The Bertz CT molecular complexity index is 1040. The SMILES string of the molecule is O=C(N=C(c1ccccc1)c1c(C(F)(F)F)oc2ccccc12)C1CCCCC1. The van der Waals surface area contributed by atoms with Crippen LogP contribution in [0.25, 0.3) is 11.0 Å². The molecule has 0 spiro atoms. The first-order chi connectivity index (χ1) is 13.9. The number of fused-ring (bicyclic) bond motifs is 1. The Balaban J connectivity index is 1.93. The molecule has 4 rings (SSSR count). The van der Waals surface area contributed by atoms with Crippen molar-refractivity contribution in [1.82, 2.24) is 0 Å². The van der Waals surface area contributed by atoms with Gasteiger partial charge in [-0.2, -0.15) is 13.2 Å². The van der Waals surface area contributed by atoms with E-state index in [0.29, 0.717) is 10.9 Å². The van der Waals surface area contributed by atoms with E-state index in [-0.39, 0.29) is 28.7 Å². The quantitative estimate of drug-likeness (QED) is 0.479. The molecule has 0 radical (unpaired) electrons. The maximum absolute atomic E-state index is 13.8. The smallest absolute Gasteiger partial charge is 0.450 e. The van der Waals surface area contributed by atoms with Crippen molar-refractivity contribution >= 4 is 22.6 Å².